The summed E-state index contributed by atoms with van der Waals surface area (Å²) in [6.07, 6.45) is 3.54. The van der Waals surface area contributed by atoms with Crippen molar-refractivity contribution in [3.05, 3.63) is 84.2 Å². The van der Waals surface area contributed by atoms with Crippen molar-refractivity contribution in [3.8, 4) is 0 Å². The Bertz CT molecular complexity index is 1070. The first-order valence-electron chi connectivity index (χ1n) is 8.15. The van der Waals surface area contributed by atoms with Crippen LogP contribution in [-0.4, -0.2) is 27.8 Å². The molecule has 2 aromatic carbocycles. The zero-order chi connectivity index (χ0) is 17.2. The maximum absolute atomic E-state index is 12.8. The van der Waals surface area contributed by atoms with Crippen molar-refractivity contribution in [2.45, 2.75) is 6.54 Å². The van der Waals surface area contributed by atoms with Crippen molar-refractivity contribution in [1.82, 2.24) is 14.9 Å². The van der Waals surface area contributed by atoms with Crippen LogP contribution in [0.5, 0.6) is 0 Å². The maximum atomic E-state index is 12.8. The Morgan fingerprint density at radius 3 is 2.68 bits per heavy atom. The van der Waals surface area contributed by atoms with Crippen LogP contribution in [0, 0.1) is 0 Å². The van der Waals surface area contributed by atoms with Crippen molar-refractivity contribution in [3.63, 3.8) is 0 Å². The molecule has 25 heavy (non-hydrogen) atoms. The third-order valence-electron chi connectivity index (χ3n) is 4.34. The normalized spacial score (nSPS) is 10.9. The van der Waals surface area contributed by atoms with E-state index in [2.05, 4.69) is 9.97 Å². The average Bonchev–Trinajstić information content (AvgIpc) is 2.67. The summed E-state index contributed by atoms with van der Waals surface area (Å²) >= 11 is 0. The predicted octanol–water partition coefficient (Wildman–Crippen LogP) is 4.06. The third kappa shape index (κ3) is 2.94. The molecule has 0 bridgehead atoms. The predicted molar refractivity (Wildman–Crippen MR) is 99.3 cm³/mol. The van der Waals surface area contributed by atoms with Gasteiger partial charge in [0.1, 0.15) is 0 Å². The van der Waals surface area contributed by atoms with E-state index in [0.29, 0.717) is 12.1 Å². The second-order valence-corrected chi connectivity index (χ2v) is 6.06. The van der Waals surface area contributed by atoms with Crippen LogP contribution in [0.15, 0.2) is 73.1 Å². The third-order valence-corrected chi connectivity index (χ3v) is 4.34. The zero-order valence-corrected chi connectivity index (χ0v) is 13.9. The van der Waals surface area contributed by atoms with Gasteiger partial charge in [-0.2, -0.15) is 0 Å². The molecule has 0 aliphatic rings. The standard InChI is InChI=1S/C21H17N3O/c1-24(14-17-10-12-23-20-7-3-2-6-18(17)20)21(25)16-8-9-19-15(13-16)5-4-11-22-19/h2-13H,14H2,1H3. The lowest BCUT2D eigenvalue weighted by atomic mass is 10.1. The summed E-state index contributed by atoms with van der Waals surface area (Å²) in [5.74, 6) is -0.00773. The van der Waals surface area contributed by atoms with E-state index in [1.54, 1.807) is 17.3 Å². The van der Waals surface area contributed by atoms with Crippen LogP contribution in [0.3, 0.4) is 0 Å². The number of para-hydroxylation sites is 1. The molecule has 0 saturated heterocycles. The first kappa shape index (κ1) is 15.3. The van der Waals surface area contributed by atoms with Gasteiger partial charge in [0.25, 0.3) is 5.91 Å². The first-order chi connectivity index (χ1) is 12.2. The molecule has 4 rings (SSSR count). The molecule has 4 heteroatoms. The molecule has 0 unspecified atom stereocenters. The fourth-order valence-corrected chi connectivity index (χ4v) is 3.05. The summed E-state index contributed by atoms with van der Waals surface area (Å²) in [4.78, 5) is 23.2. The Morgan fingerprint density at radius 2 is 1.76 bits per heavy atom. The van der Waals surface area contributed by atoms with Crippen LogP contribution >= 0.6 is 0 Å². The molecule has 4 nitrogen and oxygen atoms in total. The lowest BCUT2D eigenvalue weighted by Gasteiger charge is -2.18. The minimum atomic E-state index is -0.00773. The van der Waals surface area contributed by atoms with E-state index < -0.39 is 0 Å². The lowest BCUT2D eigenvalue weighted by Crippen LogP contribution is -2.26. The van der Waals surface area contributed by atoms with Gasteiger partial charge >= 0.3 is 0 Å². The fourth-order valence-electron chi connectivity index (χ4n) is 3.05. The molecule has 0 aliphatic heterocycles. The molecule has 0 fully saturated rings. The SMILES string of the molecule is CN(Cc1ccnc2ccccc12)C(=O)c1ccc2ncccc2c1. The fraction of sp³-hybridized carbons (Fsp3) is 0.0952. The Labute approximate surface area is 145 Å². The second-order valence-electron chi connectivity index (χ2n) is 6.06. The second kappa shape index (κ2) is 6.32. The van der Waals surface area contributed by atoms with Crippen LogP contribution in [-0.2, 0) is 6.54 Å². The van der Waals surface area contributed by atoms with E-state index >= 15 is 0 Å². The zero-order valence-electron chi connectivity index (χ0n) is 13.9. The summed E-state index contributed by atoms with van der Waals surface area (Å²) in [6.45, 7) is 0.535. The number of carbonyl (C=O) groups excluding carboxylic acids is 1. The molecule has 0 aliphatic carbocycles. The quantitative estimate of drug-likeness (QED) is 0.570. The number of nitrogens with zero attached hydrogens (tertiary/aromatic N) is 3. The number of carbonyl (C=O) groups is 1. The number of pyridine rings is 2. The smallest absolute Gasteiger partial charge is 0.253 e. The summed E-state index contributed by atoms with van der Waals surface area (Å²) in [5.41, 5.74) is 3.59. The van der Waals surface area contributed by atoms with Crippen LogP contribution in [0.25, 0.3) is 21.8 Å². The van der Waals surface area contributed by atoms with E-state index in [1.165, 1.54) is 0 Å². The van der Waals surface area contributed by atoms with Crippen LogP contribution < -0.4 is 0 Å². The molecule has 1 amide bonds. The summed E-state index contributed by atoms with van der Waals surface area (Å²) in [6, 6.07) is 19.4. The highest BCUT2D eigenvalue weighted by molar-refractivity contribution is 5.98. The number of hydrogen-bond donors (Lipinski definition) is 0. The highest BCUT2D eigenvalue weighted by atomic mass is 16.2. The van der Waals surface area contributed by atoms with Gasteiger partial charge in [-0.3, -0.25) is 14.8 Å². The van der Waals surface area contributed by atoms with E-state index in [9.17, 15) is 4.79 Å². The summed E-state index contributed by atoms with van der Waals surface area (Å²) in [7, 11) is 1.82. The van der Waals surface area contributed by atoms with Gasteiger partial charge in [-0.1, -0.05) is 24.3 Å². The van der Waals surface area contributed by atoms with Crippen LogP contribution in [0.1, 0.15) is 15.9 Å². The first-order valence-corrected chi connectivity index (χ1v) is 8.15. The molecule has 122 valence electrons. The summed E-state index contributed by atoms with van der Waals surface area (Å²) in [5, 5.41) is 2.04. The molecule has 4 aromatic rings. The van der Waals surface area contributed by atoms with Crippen molar-refractivity contribution >= 4 is 27.7 Å². The van der Waals surface area contributed by atoms with E-state index in [4.69, 9.17) is 0 Å². The van der Waals surface area contributed by atoms with Gasteiger partial charge in [0.2, 0.25) is 0 Å². The Morgan fingerprint density at radius 1 is 0.920 bits per heavy atom. The largest absolute Gasteiger partial charge is 0.337 e. The monoisotopic (exact) mass is 327 g/mol. The van der Waals surface area contributed by atoms with Crippen molar-refractivity contribution in [1.29, 1.82) is 0 Å². The van der Waals surface area contributed by atoms with E-state index in [0.717, 1.165) is 27.4 Å². The molecular weight excluding hydrogens is 310 g/mol. The molecule has 2 aromatic heterocycles. The topological polar surface area (TPSA) is 46.1 Å². The molecule has 0 N–H and O–H groups in total. The van der Waals surface area contributed by atoms with Crippen molar-refractivity contribution in [2.75, 3.05) is 7.05 Å². The lowest BCUT2D eigenvalue weighted by molar-refractivity contribution is 0.0786. The molecule has 2 heterocycles. The number of aromatic nitrogens is 2. The Hall–Kier alpha value is -3.27. The average molecular weight is 327 g/mol. The number of rotatable bonds is 3. The van der Waals surface area contributed by atoms with Gasteiger partial charge in [-0.15, -0.1) is 0 Å². The highest BCUT2D eigenvalue weighted by Gasteiger charge is 2.14. The van der Waals surface area contributed by atoms with Gasteiger partial charge in [-0.05, 0) is 42.0 Å². The highest BCUT2D eigenvalue weighted by Crippen LogP contribution is 2.19. The molecule has 0 radical (unpaired) electrons. The number of fused-ring (bicyclic) bond motifs is 2. The molecular formula is C21H17N3O. The van der Waals surface area contributed by atoms with Gasteiger partial charge in [-0.25, -0.2) is 0 Å². The van der Waals surface area contributed by atoms with Crippen molar-refractivity contribution in [2.24, 2.45) is 0 Å². The Balaban J connectivity index is 1.63. The molecule has 0 atom stereocenters. The molecule has 0 spiro atoms. The van der Waals surface area contributed by atoms with Gasteiger partial charge in [0.05, 0.1) is 11.0 Å². The van der Waals surface area contributed by atoms with Crippen molar-refractivity contribution < 1.29 is 4.79 Å². The molecule has 0 saturated carbocycles. The van der Waals surface area contributed by atoms with E-state index in [-0.39, 0.29) is 5.91 Å². The van der Waals surface area contributed by atoms with Gasteiger partial charge < -0.3 is 4.90 Å². The minimum Gasteiger partial charge on any atom is -0.337 e. The Kier molecular flexibility index (Phi) is 3.86. The number of hydrogen-bond acceptors (Lipinski definition) is 3. The van der Waals surface area contributed by atoms with Gasteiger partial charge in [0, 0.05) is 42.3 Å². The van der Waals surface area contributed by atoms with E-state index in [1.807, 2.05) is 67.7 Å². The number of benzene rings is 2. The maximum Gasteiger partial charge on any atom is 0.253 e. The summed E-state index contributed by atoms with van der Waals surface area (Å²) < 4.78 is 0. The van der Waals surface area contributed by atoms with Crippen LogP contribution in [0.4, 0.5) is 0 Å². The van der Waals surface area contributed by atoms with Gasteiger partial charge in [0.15, 0.2) is 0 Å². The number of amides is 1. The minimum absolute atomic E-state index is 0.00773. The van der Waals surface area contributed by atoms with Crippen LogP contribution in [0.2, 0.25) is 0 Å².